The molecule has 2 rings (SSSR count). The number of carbonyl (C=O) groups excluding carboxylic acids is 1. The fourth-order valence-corrected chi connectivity index (χ4v) is 3.64. The lowest BCUT2D eigenvalue weighted by Gasteiger charge is -2.15. The van der Waals surface area contributed by atoms with Gasteiger partial charge >= 0.3 is 0 Å². The summed E-state index contributed by atoms with van der Waals surface area (Å²) in [5.41, 5.74) is 0.602. The van der Waals surface area contributed by atoms with Crippen molar-refractivity contribution in [2.75, 3.05) is 14.1 Å². The predicted octanol–water partition coefficient (Wildman–Crippen LogP) is 2.77. The number of rotatable bonds is 5. The molecule has 0 radical (unpaired) electrons. The molecule has 0 aliphatic heterocycles. The van der Waals surface area contributed by atoms with E-state index in [4.69, 9.17) is 0 Å². The van der Waals surface area contributed by atoms with Crippen LogP contribution < -0.4 is 5.32 Å². The van der Waals surface area contributed by atoms with Gasteiger partial charge in [-0.25, -0.2) is 17.1 Å². The zero-order chi connectivity index (χ0) is 17.9. The fourth-order valence-electron chi connectivity index (χ4n) is 2.06. The Kier molecular flexibility index (Phi) is 5.74. The maximum atomic E-state index is 13.4. The summed E-state index contributed by atoms with van der Waals surface area (Å²) in [7, 11) is -0.740. The Labute approximate surface area is 148 Å². The monoisotopic (exact) mass is 414 g/mol. The number of amides is 1. The van der Waals surface area contributed by atoms with Crippen molar-refractivity contribution in [3.8, 4) is 0 Å². The van der Waals surface area contributed by atoms with Gasteiger partial charge in [-0.1, -0.05) is 34.1 Å². The van der Waals surface area contributed by atoms with E-state index in [0.29, 0.717) is 10.0 Å². The number of halogens is 2. The largest absolute Gasteiger partial charge is 0.348 e. The van der Waals surface area contributed by atoms with Crippen molar-refractivity contribution < 1.29 is 17.6 Å². The van der Waals surface area contributed by atoms with Gasteiger partial charge in [-0.15, -0.1) is 0 Å². The standard InChI is InChI=1S/C16H16BrFN2O3S/c1-20(2)24(22,23)15-6-4-3-5-11(15)10-19-16(21)12-7-13(17)9-14(18)8-12/h3-9H,10H2,1-2H3,(H,19,21). The molecule has 0 aliphatic carbocycles. The second-order valence-corrected chi connectivity index (χ2v) is 8.27. The van der Waals surface area contributed by atoms with Crippen molar-refractivity contribution in [3.05, 3.63) is 63.9 Å². The highest BCUT2D eigenvalue weighted by Crippen LogP contribution is 2.19. The van der Waals surface area contributed by atoms with E-state index in [1.54, 1.807) is 18.2 Å². The summed E-state index contributed by atoms with van der Waals surface area (Å²) in [4.78, 5) is 12.3. The molecular formula is C16H16BrFN2O3S. The molecule has 0 bridgehead atoms. The van der Waals surface area contributed by atoms with Crippen LogP contribution in [0.4, 0.5) is 4.39 Å². The molecule has 0 spiro atoms. The third-order valence-electron chi connectivity index (χ3n) is 3.30. The summed E-state index contributed by atoms with van der Waals surface area (Å²) in [6, 6.07) is 10.3. The summed E-state index contributed by atoms with van der Waals surface area (Å²) < 4.78 is 39.6. The number of nitrogens with zero attached hydrogens (tertiary/aromatic N) is 1. The van der Waals surface area contributed by atoms with E-state index >= 15 is 0 Å². The molecule has 8 heteroatoms. The molecule has 5 nitrogen and oxygen atoms in total. The van der Waals surface area contributed by atoms with Gasteiger partial charge in [0.2, 0.25) is 10.0 Å². The zero-order valence-electron chi connectivity index (χ0n) is 13.1. The fraction of sp³-hybridized carbons (Fsp3) is 0.188. The molecule has 0 aliphatic rings. The topological polar surface area (TPSA) is 66.5 Å². The van der Waals surface area contributed by atoms with Crippen molar-refractivity contribution in [3.63, 3.8) is 0 Å². The van der Waals surface area contributed by atoms with Crippen molar-refractivity contribution in [1.29, 1.82) is 0 Å². The third-order valence-corrected chi connectivity index (χ3v) is 5.67. The molecule has 0 saturated carbocycles. The summed E-state index contributed by atoms with van der Waals surface area (Å²) in [5, 5.41) is 2.61. The Morgan fingerprint density at radius 1 is 1.21 bits per heavy atom. The SMILES string of the molecule is CN(C)S(=O)(=O)c1ccccc1CNC(=O)c1cc(F)cc(Br)c1. The van der Waals surface area contributed by atoms with Crippen LogP contribution in [-0.2, 0) is 16.6 Å². The van der Waals surface area contributed by atoms with Crippen LogP contribution >= 0.6 is 15.9 Å². The first kappa shape index (κ1) is 18.6. The Bertz CT molecular complexity index is 849. The molecule has 2 aromatic carbocycles. The summed E-state index contributed by atoms with van der Waals surface area (Å²) in [5.74, 6) is -1.03. The Hall–Kier alpha value is -1.77. The maximum absolute atomic E-state index is 13.4. The molecule has 2 aromatic rings. The Morgan fingerprint density at radius 2 is 1.88 bits per heavy atom. The van der Waals surface area contributed by atoms with Gasteiger partial charge in [0.25, 0.3) is 5.91 Å². The molecule has 0 atom stereocenters. The van der Waals surface area contributed by atoms with Crippen molar-refractivity contribution in [2.45, 2.75) is 11.4 Å². The molecule has 24 heavy (non-hydrogen) atoms. The van der Waals surface area contributed by atoms with Gasteiger partial charge in [-0.2, -0.15) is 0 Å². The van der Waals surface area contributed by atoms with Gasteiger partial charge in [0.15, 0.2) is 0 Å². The first-order valence-electron chi connectivity index (χ1n) is 6.96. The second kappa shape index (κ2) is 7.42. The molecule has 0 fully saturated rings. The lowest BCUT2D eigenvalue weighted by molar-refractivity contribution is 0.0950. The van der Waals surface area contributed by atoms with E-state index < -0.39 is 21.7 Å². The lowest BCUT2D eigenvalue weighted by atomic mass is 10.2. The van der Waals surface area contributed by atoms with Crippen LogP contribution in [0.15, 0.2) is 51.8 Å². The van der Waals surface area contributed by atoms with Gasteiger partial charge in [0.05, 0.1) is 4.90 Å². The maximum Gasteiger partial charge on any atom is 0.251 e. The number of carbonyl (C=O) groups is 1. The molecule has 0 heterocycles. The minimum absolute atomic E-state index is 0.0101. The van der Waals surface area contributed by atoms with Crippen LogP contribution in [0.5, 0.6) is 0 Å². The highest BCUT2D eigenvalue weighted by Gasteiger charge is 2.21. The van der Waals surface area contributed by atoms with E-state index in [1.165, 1.54) is 32.3 Å². The molecule has 1 amide bonds. The van der Waals surface area contributed by atoms with Crippen LogP contribution in [0.1, 0.15) is 15.9 Å². The van der Waals surface area contributed by atoms with Crippen LogP contribution in [0.2, 0.25) is 0 Å². The van der Waals surface area contributed by atoms with Crippen LogP contribution in [-0.4, -0.2) is 32.7 Å². The average molecular weight is 415 g/mol. The lowest BCUT2D eigenvalue weighted by Crippen LogP contribution is -2.27. The normalized spacial score (nSPS) is 11.5. The van der Waals surface area contributed by atoms with Crippen LogP contribution in [0, 0.1) is 5.82 Å². The highest BCUT2D eigenvalue weighted by molar-refractivity contribution is 9.10. The average Bonchev–Trinajstić information content (AvgIpc) is 2.51. The van der Waals surface area contributed by atoms with E-state index in [2.05, 4.69) is 21.2 Å². The number of sulfonamides is 1. The molecule has 1 N–H and O–H groups in total. The van der Waals surface area contributed by atoms with Crippen LogP contribution in [0.3, 0.4) is 0 Å². The molecular weight excluding hydrogens is 399 g/mol. The number of benzene rings is 2. The van der Waals surface area contributed by atoms with E-state index in [-0.39, 0.29) is 17.0 Å². The minimum atomic E-state index is -3.62. The summed E-state index contributed by atoms with van der Waals surface area (Å²) in [6.07, 6.45) is 0. The number of hydrogen-bond donors (Lipinski definition) is 1. The van der Waals surface area contributed by atoms with Gasteiger partial charge < -0.3 is 5.32 Å². The van der Waals surface area contributed by atoms with Crippen molar-refractivity contribution in [2.24, 2.45) is 0 Å². The van der Waals surface area contributed by atoms with E-state index in [9.17, 15) is 17.6 Å². The van der Waals surface area contributed by atoms with Crippen LogP contribution in [0.25, 0.3) is 0 Å². The predicted molar refractivity (Wildman–Crippen MR) is 92.6 cm³/mol. The van der Waals surface area contributed by atoms with Gasteiger partial charge in [-0.3, -0.25) is 4.79 Å². The molecule has 0 aromatic heterocycles. The third kappa shape index (κ3) is 4.19. The Balaban J connectivity index is 2.23. The van der Waals surface area contributed by atoms with E-state index in [0.717, 1.165) is 10.4 Å². The Morgan fingerprint density at radius 3 is 2.50 bits per heavy atom. The minimum Gasteiger partial charge on any atom is -0.348 e. The number of nitrogens with one attached hydrogen (secondary N) is 1. The summed E-state index contributed by atoms with van der Waals surface area (Å²) in [6.45, 7) is 0.0101. The quantitative estimate of drug-likeness (QED) is 0.817. The van der Waals surface area contributed by atoms with E-state index in [1.807, 2.05) is 0 Å². The zero-order valence-corrected chi connectivity index (χ0v) is 15.5. The van der Waals surface area contributed by atoms with Gasteiger partial charge in [0, 0.05) is 30.7 Å². The molecule has 0 saturated heterocycles. The molecule has 0 unspecified atom stereocenters. The molecule has 128 valence electrons. The van der Waals surface area contributed by atoms with Crippen molar-refractivity contribution in [1.82, 2.24) is 9.62 Å². The highest BCUT2D eigenvalue weighted by atomic mass is 79.9. The smallest absolute Gasteiger partial charge is 0.251 e. The first-order chi connectivity index (χ1) is 11.2. The first-order valence-corrected chi connectivity index (χ1v) is 9.20. The second-order valence-electron chi connectivity index (χ2n) is 5.24. The van der Waals surface area contributed by atoms with Gasteiger partial charge in [-0.05, 0) is 29.8 Å². The van der Waals surface area contributed by atoms with Crippen molar-refractivity contribution >= 4 is 31.9 Å². The number of hydrogen-bond acceptors (Lipinski definition) is 3. The van der Waals surface area contributed by atoms with Gasteiger partial charge in [0.1, 0.15) is 5.82 Å². The summed E-state index contributed by atoms with van der Waals surface area (Å²) >= 11 is 3.13.